The minimum absolute atomic E-state index is 0.0387. The van der Waals surface area contributed by atoms with Gasteiger partial charge in [0.2, 0.25) is 5.91 Å². The van der Waals surface area contributed by atoms with Crippen LogP contribution in [0.25, 0.3) is 32.0 Å². The van der Waals surface area contributed by atoms with Crippen LogP contribution in [-0.4, -0.2) is 38.1 Å². The highest BCUT2D eigenvalue weighted by molar-refractivity contribution is 7.21. The lowest BCUT2D eigenvalue weighted by Gasteiger charge is -2.17. The second kappa shape index (κ2) is 7.20. The number of carbonyl (C=O) groups is 1. The first-order valence-electron chi connectivity index (χ1n) is 9.69. The van der Waals surface area contributed by atoms with Crippen molar-refractivity contribution >= 4 is 38.6 Å². The third-order valence-electron chi connectivity index (χ3n) is 5.32. The largest absolute Gasteiger partial charge is 0.368 e. The van der Waals surface area contributed by atoms with Gasteiger partial charge in [0.05, 0.1) is 24.1 Å². The lowest BCUT2D eigenvalue weighted by atomic mass is 10.0. The zero-order chi connectivity index (χ0) is 20.0. The van der Waals surface area contributed by atoms with Crippen molar-refractivity contribution in [2.75, 3.05) is 6.61 Å². The van der Waals surface area contributed by atoms with E-state index in [-0.39, 0.29) is 18.1 Å². The third-order valence-corrected chi connectivity index (χ3v) is 6.33. The quantitative estimate of drug-likeness (QED) is 0.559. The zero-order valence-corrected chi connectivity index (χ0v) is 17.1. The van der Waals surface area contributed by atoms with Crippen LogP contribution in [0.3, 0.4) is 0 Å². The summed E-state index contributed by atoms with van der Waals surface area (Å²) in [7, 11) is 1.97. The molecule has 148 valence electrons. The summed E-state index contributed by atoms with van der Waals surface area (Å²) in [6.45, 7) is 2.66. The lowest BCUT2D eigenvalue weighted by molar-refractivity contribution is -0.130. The molecule has 8 heteroatoms. The van der Waals surface area contributed by atoms with E-state index in [1.165, 1.54) is 0 Å². The molecule has 0 spiro atoms. The number of carbonyl (C=O) groups excluding carboxylic acids is 1. The van der Waals surface area contributed by atoms with Gasteiger partial charge in [-0.05, 0) is 31.4 Å². The maximum absolute atomic E-state index is 12.4. The number of fused-ring (bicyclic) bond motifs is 3. The number of thiazole rings is 1. The molecule has 1 N–H and O–H groups in total. The fourth-order valence-corrected chi connectivity index (χ4v) is 4.65. The SMILES string of the molecule is C[C@H](NC(=O)C1CCCO1)c1cccc(-c2nc3c(ncc4ncn(C)c43)s2)c1. The molecule has 0 saturated carbocycles. The van der Waals surface area contributed by atoms with Crippen LogP contribution >= 0.6 is 11.3 Å². The lowest BCUT2D eigenvalue weighted by Crippen LogP contribution is -2.35. The molecule has 0 bridgehead atoms. The Labute approximate surface area is 171 Å². The maximum Gasteiger partial charge on any atom is 0.249 e. The average Bonchev–Trinajstić information content (AvgIpc) is 3.47. The van der Waals surface area contributed by atoms with E-state index in [9.17, 15) is 4.79 Å². The van der Waals surface area contributed by atoms with Crippen LogP contribution in [0.4, 0.5) is 0 Å². The highest BCUT2D eigenvalue weighted by Crippen LogP contribution is 2.33. The molecular weight excluding hydrogens is 386 g/mol. The number of benzene rings is 1. The van der Waals surface area contributed by atoms with Crippen molar-refractivity contribution in [1.82, 2.24) is 24.8 Å². The Bertz CT molecular complexity index is 1210. The molecule has 5 rings (SSSR count). The molecule has 1 saturated heterocycles. The molecule has 1 aliphatic rings. The molecule has 3 aromatic heterocycles. The smallest absolute Gasteiger partial charge is 0.249 e. The van der Waals surface area contributed by atoms with Gasteiger partial charge in [0, 0.05) is 19.2 Å². The average molecular weight is 407 g/mol. The van der Waals surface area contributed by atoms with Crippen molar-refractivity contribution < 1.29 is 9.53 Å². The molecule has 4 heterocycles. The molecule has 4 aromatic rings. The van der Waals surface area contributed by atoms with E-state index in [1.807, 2.05) is 36.7 Å². The van der Waals surface area contributed by atoms with Crippen molar-refractivity contribution in [1.29, 1.82) is 0 Å². The molecule has 1 aliphatic heterocycles. The number of ether oxygens (including phenoxy) is 1. The number of nitrogens with one attached hydrogen (secondary N) is 1. The molecule has 1 fully saturated rings. The summed E-state index contributed by atoms with van der Waals surface area (Å²) in [5.41, 5.74) is 4.75. The number of hydrogen-bond acceptors (Lipinski definition) is 6. The summed E-state index contributed by atoms with van der Waals surface area (Å²) >= 11 is 1.56. The van der Waals surface area contributed by atoms with Crippen LogP contribution < -0.4 is 5.32 Å². The van der Waals surface area contributed by atoms with Gasteiger partial charge in [-0.1, -0.05) is 29.5 Å². The van der Waals surface area contributed by atoms with E-state index < -0.39 is 0 Å². The van der Waals surface area contributed by atoms with E-state index in [0.29, 0.717) is 6.61 Å². The number of imidazole rings is 1. The number of aromatic nitrogens is 4. The van der Waals surface area contributed by atoms with E-state index in [2.05, 4.69) is 21.4 Å². The van der Waals surface area contributed by atoms with Gasteiger partial charge in [-0.15, -0.1) is 0 Å². The van der Waals surface area contributed by atoms with Gasteiger partial charge in [-0.25, -0.2) is 15.0 Å². The minimum atomic E-state index is -0.322. The number of pyridine rings is 1. The Kier molecular flexibility index (Phi) is 4.52. The number of aryl methyl sites for hydroxylation is 1. The van der Waals surface area contributed by atoms with Gasteiger partial charge in [0.25, 0.3) is 0 Å². The monoisotopic (exact) mass is 407 g/mol. The van der Waals surface area contributed by atoms with E-state index >= 15 is 0 Å². The van der Waals surface area contributed by atoms with Gasteiger partial charge in [-0.2, -0.15) is 0 Å². The van der Waals surface area contributed by atoms with Crippen LogP contribution in [0.15, 0.2) is 36.8 Å². The first kappa shape index (κ1) is 18.2. The highest BCUT2D eigenvalue weighted by Gasteiger charge is 2.25. The minimum Gasteiger partial charge on any atom is -0.368 e. The van der Waals surface area contributed by atoms with Crippen LogP contribution in [-0.2, 0) is 16.6 Å². The number of hydrogen-bond donors (Lipinski definition) is 1. The van der Waals surface area contributed by atoms with Gasteiger partial charge in [0.15, 0.2) is 0 Å². The van der Waals surface area contributed by atoms with Crippen LogP contribution in [0, 0.1) is 0 Å². The summed E-state index contributed by atoms with van der Waals surface area (Å²) in [6, 6.07) is 8.03. The molecule has 7 nitrogen and oxygen atoms in total. The first-order valence-corrected chi connectivity index (χ1v) is 10.5. The van der Waals surface area contributed by atoms with Gasteiger partial charge < -0.3 is 14.6 Å². The topological polar surface area (TPSA) is 81.9 Å². The Morgan fingerprint density at radius 3 is 3.10 bits per heavy atom. The molecule has 0 radical (unpaired) electrons. The van der Waals surface area contributed by atoms with Crippen LogP contribution in [0.5, 0.6) is 0 Å². The Morgan fingerprint density at radius 2 is 2.28 bits per heavy atom. The molecule has 1 unspecified atom stereocenters. The van der Waals surface area contributed by atoms with Crippen LogP contribution in [0.1, 0.15) is 31.4 Å². The third kappa shape index (κ3) is 3.28. The Morgan fingerprint density at radius 1 is 1.38 bits per heavy atom. The van der Waals surface area contributed by atoms with Gasteiger partial charge >= 0.3 is 0 Å². The predicted octanol–water partition coefficient (Wildman–Crippen LogP) is 3.60. The maximum atomic E-state index is 12.4. The van der Waals surface area contributed by atoms with Crippen molar-refractivity contribution in [3.05, 3.63) is 42.4 Å². The fraction of sp³-hybridized carbons (Fsp3) is 0.333. The Balaban J connectivity index is 1.45. The summed E-state index contributed by atoms with van der Waals surface area (Å²) in [6.07, 6.45) is 4.98. The summed E-state index contributed by atoms with van der Waals surface area (Å²) in [4.78, 5) is 27.0. The van der Waals surface area contributed by atoms with Crippen molar-refractivity contribution in [2.24, 2.45) is 7.05 Å². The summed E-state index contributed by atoms with van der Waals surface area (Å²) in [5.74, 6) is -0.0387. The van der Waals surface area contributed by atoms with Gasteiger partial charge in [0.1, 0.15) is 27.0 Å². The van der Waals surface area contributed by atoms with Gasteiger partial charge in [-0.3, -0.25) is 4.79 Å². The molecule has 1 amide bonds. The standard InChI is InChI=1S/C21H21N5O2S/c1-12(24-19(27)16-7-4-8-28-16)13-5-3-6-14(9-13)20-25-17-18-15(23-11-26(18)2)10-22-21(17)29-20/h3,5-6,9-12,16H,4,7-8H2,1-2H3,(H,24,27)/t12-,16?/m0/s1. The van der Waals surface area contributed by atoms with E-state index in [0.717, 1.165) is 50.4 Å². The van der Waals surface area contributed by atoms with Crippen LogP contribution in [0.2, 0.25) is 0 Å². The Hall–Kier alpha value is -2.84. The second-order valence-corrected chi connectivity index (χ2v) is 8.36. The number of nitrogens with zero attached hydrogens (tertiary/aromatic N) is 4. The molecular formula is C21H21N5O2S. The first-order chi connectivity index (χ1) is 14.1. The zero-order valence-electron chi connectivity index (χ0n) is 16.3. The fourth-order valence-electron chi connectivity index (χ4n) is 3.74. The summed E-state index contributed by atoms with van der Waals surface area (Å²) < 4.78 is 7.46. The summed E-state index contributed by atoms with van der Waals surface area (Å²) in [5, 5.41) is 3.97. The number of rotatable bonds is 4. The second-order valence-electron chi connectivity index (χ2n) is 7.38. The molecule has 2 atom stereocenters. The number of amides is 1. The van der Waals surface area contributed by atoms with E-state index in [4.69, 9.17) is 9.72 Å². The van der Waals surface area contributed by atoms with E-state index in [1.54, 1.807) is 23.9 Å². The van der Waals surface area contributed by atoms with Crippen molar-refractivity contribution in [3.8, 4) is 10.6 Å². The molecule has 29 heavy (non-hydrogen) atoms. The molecule has 1 aromatic carbocycles. The van der Waals surface area contributed by atoms with Crippen molar-refractivity contribution in [2.45, 2.75) is 31.9 Å². The highest BCUT2D eigenvalue weighted by atomic mass is 32.1. The molecule has 0 aliphatic carbocycles. The predicted molar refractivity (Wildman–Crippen MR) is 113 cm³/mol. The van der Waals surface area contributed by atoms with Crippen molar-refractivity contribution in [3.63, 3.8) is 0 Å². The normalized spacial score (nSPS) is 17.8.